The van der Waals surface area contributed by atoms with Gasteiger partial charge in [0, 0.05) is 35.8 Å². The summed E-state index contributed by atoms with van der Waals surface area (Å²) >= 11 is 0. The summed E-state index contributed by atoms with van der Waals surface area (Å²) in [4.78, 5) is 33.4. The average molecular weight is 278 g/mol. The number of imide groups is 1. The third kappa shape index (κ3) is 7.00. The lowest BCUT2D eigenvalue weighted by molar-refractivity contribution is -0.149. The van der Waals surface area contributed by atoms with E-state index in [-0.39, 0.29) is 13.0 Å². The highest BCUT2D eigenvalue weighted by Gasteiger charge is 2.30. The van der Waals surface area contributed by atoms with E-state index in [2.05, 4.69) is 5.32 Å². The van der Waals surface area contributed by atoms with E-state index in [0.717, 1.165) is 0 Å². The average Bonchev–Trinajstić information content (AvgIpc) is 2.14. The molecule has 0 saturated heterocycles. The van der Waals surface area contributed by atoms with E-state index in [0.29, 0.717) is 5.75 Å². The monoisotopic (exact) mass is 278 g/mol. The van der Waals surface area contributed by atoms with Gasteiger partial charge >= 0.3 is 12.0 Å². The van der Waals surface area contributed by atoms with Gasteiger partial charge in [0.1, 0.15) is 0 Å². The first-order valence-electron chi connectivity index (χ1n) is 5.26. The van der Waals surface area contributed by atoms with Gasteiger partial charge in [0.05, 0.1) is 5.41 Å². The van der Waals surface area contributed by atoms with E-state index in [1.165, 1.54) is 20.1 Å². The fraction of sp³-hybridized carbons (Fsp3) is 0.700. The Hall–Kier alpha value is -1.44. The van der Waals surface area contributed by atoms with Crippen LogP contribution in [0.25, 0.3) is 0 Å². The number of hydrogen-bond donors (Lipinski definition) is 3. The molecular weight excluding hydrogens is 260 g/mol. The molecule has 7 nitrogen and oxygen atoms in total. The quantitative estimate of drug-likeness (QED) is 0.617. The summed E-state index contributed by atoms with van der Waals surface area (Å²) in [6.07, 6.45) is 1.20. The van der Waals surface area contributed by atoms with Gasteiger partial charge < -0.3 is 10.4 Å². The molecule has 0 aromatic rings. The van der Waals surface area contributed by atoms with Crippen molar-refractivity contribution in [2.24, 2.45) is 5.41 Å². The molecule has 18 heavy (non-hydrogen) atoms. The Morgan fingerprint density at radius 3 is 2.28 bits per heavy atom. The van der Waals surface area contributed by atoms with Crippen molar-refractivity contribution >= 4 is 28.7 Å². The molecule has 0 fully saturated rings. The lowest BCUT2D eigenvalue weighted by Crippen LogP contribution is -2.43. The third-order valence-corrected chi connectivity index (χ3v) is 2.89. The highest BCUT2D eigenvalue weighted by molar-refractivity contribution is 7.84. The molecule has 104 valence electrons. The fourth-order valence-corrected chi connectivity index (χ4v) is 1.39. The van der Waals surface area contributed by atoms with Crippen LogP contribution in [0.5, 0.6) is 0 Å². The summed E-state index contributed by atoms with van der Waals surface area (Å²) in [6, 6.07) is -0.716. The Balaban J connectivity index is 4.05. The highest BCUT2D eigenvalue weighted by atomic mass is 32.2. The second-order valence-corrected chi connectivity index (χ2v) is 6.00. The number of rotatable bonds is 6. The summed E-state index contributed by atoms with van der Waals surface area (Å²) in [5.41, 5.74) is -1.23. The van der Waals surface area contributed by atoms with Gasteiger partial charge in [-0.15, -0.1) is 0 Å². The number of aliphatic carboxylic acids is 1. The van der Waals surface area contributed by atoms with Crippen molar-refractivity contribution in [1.29, 1.82) is 0 Å². The number of hydrogen-bond acceptors (Lipinski definition) is 4. The molecule has 0 rings (SSSR count). The van der Waals surface area contributed by atoms with Crippen LogP contribution in [0.3, 0.4) is 0 Å². The summed E-state index contributed by atoms with van der Waals surface area (Å²) in [7, 11) is -1.02. The van der Waals surface area contributed by atoms with Crippen LogP contribution in [0.2, 0.25) is 0 Å². The maximum atomic E-state index is 11.4. The Labute approximate surface area is 108 Å². The van der Waals surface area contributed by atoms with Crippen molar-refractivity contribution < 1.29 is 23.7 Å². The molecule has 0 aliphatic heterocycles. The zero-order valence-electron chi connectivity index (χ0n) is 10.6. The lowest BCUT2D eigenvalue weighted by atomic mass is 9.89. The summed E-state index contributed by atoms with van der Waals surface area (Å²) < 4.78 is 10.7. The van der Waals surface area contributed by atoms with Crippen LogP contribution in [0.4, 0.5) is 4.79 Å². The van der Waals surface area contributed by atoms with Gasteiger partial charge in [0.15, 0.2) is 0 Å². The molecule has 0 spiro atoms. The van der Waals surface area contributed by atoms with Gasteiger partial charge in [0.25, 0.3) is 0 Å². The summed E-state index contributed by atoms with van der Waals surface area (Å²) in [5, 5.41) is 13.2. The Kier molecular flexibility index (Phi) is 6.53. The molecule has 8 heteroatoms. The van der Waals surface area contributed by atoms with E-state index in [1.54, 1.807) is 0 Å². The number of urea groups is 1. The molecule has 0 aromatic heterocycles. The summed E-state index contributed by atoms with van der Waals surface area (Å²) in [5.74, 6) is -1.49. The fourth-order valence-electron chi connectivity index (χ4n) is 1.00. The van der Waals surface area contributed by atoms with E-state index >= 15 is 0 Å². The van der Waals surface area contributed by atoms with Gasteiger partial charge in [-0.05, 0) is 13.8 Å². The van der Waals surface area contributed by atoms with Gasteiger partial charge in [0.2, 0.25) is 5.91 Å². The minimum atomic E-state index is -1.23. The van der Waals surface area contributed by atoms with Crippen LogP contribution in [0, 0.1) is 5.41 Å². The first kappa shape index (κ1) is 16.6. The van der Waals surface area contributed by atoms with Crippen LogP contribution < -0.4 is 10.6 Å². The van der Waals surface area contributed by atoms with Crippen LogP contribution in [-0.4, -0.2) is 45.8 Å². The molecule has 1 atom stereocenters. The highest BCUT2D eigenvalue weighted by Crippen LogP contribution is 2.19. The Morgan fingerprint density at radius 2 is 1.83 bits per heavy atom. The molecule has 3 amide bonds. The number of amides is 3. The standard InChI is InChI=1S/C10H18N2O5S/c1-10(2,8(14)15)6-7(13)12-9(16)11-4-5-18(3)17/h4-6H2,1-3H3,(H,14,15)(H2,11,12,13,16). The minimum absolute atomic E-state index is 0.185. The zero-order chi connectivity index (χ0) is 14.3. The molecule has 0 aliphatic rings. The number of carboxylic acids is 1. The predicted octanol–water partition coefficient (Wildman–Crippen LogP) is -0.308. The van der Waals surface area contributed by atoms with Crippen LogP contribution in [0.15, 0.2) is 0 Å². The van der Waals surface area contributed by atoms with Gasteiger partial charge in [-0.1, -0.05) is 0 Å². The van der Waals surface area contributed by atoms with Crippen molar-refractivity contribution in [2.75, 3.05) is 18.6 Å². The van der Waals surface area contributed by atoms with Gasteiger partial charge in [-0.2, -0.15) is 0 Å². The molecule has 0 radical (unpaired) electrons. The minimum Gasteiger partial charge on any atom is -0.481 e. The molecule has 0 heterocycles. The van der Waals surface area contributed by atoms with E-state index in [9.17, 15) is 18.6 Å². The number of carboxylic acid groups (broad SMARTS) is 1. The second-order valence-electron chi connectivity index (χ2n) is 4.45. The van der Waals surface area contributed by atoms with Crippen LogP contribution in [0.1, 0.15) is 20.3 Å². The smallest absolute Gasteiger partial charge is 0.321 e. The van der Waals surface area contributed by atoms with E-state index < -0.39 is 34.1 Å². The topological polar surface area (TPSA) is 113 Å². The lowest BCUT2D eigenvalue weighted by Gasteiger charge is -2.17. The van der Waals surface area contributed by atoms with Crippen molar-refractivity contribution in [3.63, 3.8) is 0 Å². The molecule has 1 unspecified atom stereocenters. The van der Waals surface area contributed by atoms with Gasteiger partial charge in [-0.3, -0.25) is 19.1 Å². The number of nitrogens with one attached hydrogen (secondary N) is 2. The first-order valence-corrected chi connectivity index (χ1v) is 6.99. The van der Waals surface area contributed by atoms with Crippen LogP contribution >= 0.6 is 0 Å². The van der Waals surface area contributed by atoms with Gasteiger partial charge in [-0.25, -0.2) is 4.79 Å². The molecule has 0 aliphatic carbocycles. The normalized spacial score (nSPS) is 12.6. The van der Waals surface area contributed by atoms with E-state index in [1.807, 2.05) is 5.32 Å². The summed E-state index contributed by atoms with van der Waals surface area (Å²) in [6.45, 7) is 2.98. The number of carbonyl (C=O) groups is 3. The Bertz CT molecular complexity index is 367. The zero-order valence-corrected chi connectivity index (χ0v) is 11.4. The maximum Gasteiger partial charge on any atom is 0.321 e. The largest absolute Gasteiger partial charge is 0.481 e. The molecule has 0 aromatic carbocycles. The van der Waals surface area contributed by atoms with Crippen molar-refractivity contribution in [3.8, 4) is 0 Å². The van der Waals surface area contributed by atoms with Crippen molar-refractivity contribution in [3.05, 3.63) is 0 Å². The van der Waals surface area contributed by atoms with Crippen molar-refractivity contribution in [2.45, 2.75) is 20.3 Å². The third-order valence-electron chi connectivity index (χ3n) is 2.11. The molecule has 0 saturated carbocycles. The first-order chi connectivity index (χ1) is 8.15. The molecule has 0 bridgehead atoms. The SMILES string of the molecule is CS(=O)CCNC(=O)NC(=O)CC(C)(C)C(=O)O. The van der Waals surface area contributed by atoms with E-state index in [4.69, 9.17) is 5.11 Å². The number of carbonyl (C=O) groups excluding carboxylic acids is 2. The predicted molar refractivity (Wildman–Crippen MR) is 66.5 cm³/mol. The maximum absolute atomic E-state index is 11.4. The van der Waals surface area contributed by atoms with Crippen molar-refractivity contribution in [1.82, 2.24) is 10.6 Å². The molecule has 3 N–H and O–H groups in total. The van der Waals surface area contributed by atoms with Crippen LogP contribution in [-0.2, 0) is 20.4 Å². The Morgan fingerprint density at radius 1 is 1.28 bits per heavy atom. The molecular formula is C10H18N2O5S. The second kappa shape index (κ2) is 7.10.